The summed E-state index contributed by atoms with van der Waals surface area (Å²) in [5, 5.41) is 2.62. The Bertz CT molecular complexity index is 1230. The average molecular weight is 458 g/mol. The Morgan fingerprint density at radius 1 is 0.938 bits per heavy atom. The van der Waals surface area contributed by atoms with Gasteiger partial charge in [0.2, 0.25) is 0 Å². The number of rotatable bonds is 7. The molecule has 0 aromatic heterocycles. The lowest BCUT2D eigenvalue weighted by molar-refractivity contribution is -0.118. The van der Waals surface area contributed by atoms with E-state index in [0.29, 0.717) is 36.1 Å². The molecule has 0 unspecified atom stereocenters. The maximum atomic E-state index is 13.1. The van der Waals surface area contributed by atoms with Crippen molar-refractivity contribution in [1.82, 2.24) is 0 Å². The lowest BCUT2D eigenvalue weighted by Gasteiger charge is -2.19. The second-order valence-corrected chi connectivity index (χ2v) is 8.46. The Balaban J connectivity index is 1.35. The molecular formula is C22H19FN2O6S. The van der Waals surface area contributed by atoms with Crippen LogP contribution in [0.5, 0.6) is 17.2 Å². The lowest BCUT2D eigenvalue weighted by Crippen LogP contribution is -2.20. The zero-order valence-electron chi connectivity index (χ0n) is 16.7. The van der Waals surface area contributed by atoms with Crippen molar-refractivity contribution in [1.29, 1.82) is 0 Å². The molecule has 0 fully saturated rings. The summed E-state index contributed by atoms with van der Waals surface area (Å²) in [5.74, 6) is 0.203. The number of carbonyl (C=O) groups excluding carboxylic acids is 1. The number of hydrogen-bond donors (Lipinski definition) is 2. The largest absolute Gasteiger partial charge is 0.486 e. The van der Waals surface area contributed by atoms with Crippen molar-refractivity contribution in [2.45, 2.75) is 4.90 Å². The van der Waals surface area contributed by atoms with Gasteiger partial charge in [0, 0.05) is 23.5 Å². The molecule has 0 aliphatic carbocycles. The molecular weight excluding hydrogens is 439 g/mol. The molecule has 3 aromatic carbocycles. The normalized spacial score (nSPS) is 12.7. The van der Waals surface area contributed by atoms with Crippen molar-refractivity contribution in [2.75, 3.05) is 29.9 Å². The lowest BCUT2D eigenvalue weighted by atomic mass is 10.3. The van der Waals surface area contributed by atoms with Crippen molar-refractivity contribution >= 4 is 27.3 Å². The first-order valence-electron chi connectivity index (χ1n) is 9.60. The molecule has 4 rings (SSSR count). The molecule has 3 aromatic rings. The second-order valence-electron chi connectivity index (χ2n) is 6.78. The first kappa shape index (κ1) is 21.4. The van der Waals surface area contributed by atoms with E-state index in [-0.39, 0.29) is 17.3 Å². The predicted octanol–water partition coefficient (Wildman–Crippen LogP) is 3.42. The van der Waals surface area contributed by atoms with Gasteiger partial charge in [-0.3, -0.25) is 9.52 Å². The van der Waals surface area contributed by atoms with Crippen molar-refractivity contribution in [3.05, 3.63) is 72.5 Å². The number of carbonyl (C=O) groups is 1. The minimum atomic E-state index is -3.85. The van der Waals surface area contributed by atoms with Crippen LogP contribution in [-0.2, 0) is 14.8 Å². The Morgan fingerprint density at radius 2 is 1.66 bits per heavy atom. The van der Waals surface area contributed by atoms with Crippen LogP contribution >= 0.6 is 0 Å². The Labute approximate surface area is 184 Å². The van der Waals surface area contributed by atoms with Crippen LogP contribution in [0.15, 0.2) is 71.6 Å². The van der Waals surface area contributed by atoms with Gasteiger partial charge in [-0.15, -0.1) is 0 Å². The summed E-state index contributed by atoms with van der Waals surface area (Å²) in [7, 11) is -3.85. The minimum Gasteiger partial charge on any atom is -0.486 e. The molecule has 32 heavy (non-hydrogen) atoms. The molecule has 1 aliphatic rings. The summed E-state index contributed by atoms with van der Waals surface area (Å²) in [5.41, 5.74) is 0.758. The maximum Gasteiger partial charge on any atom is 0.262 e. The predicted molar refractivity (Wildman–Crippen MR) is 115 cm³/mol. The molecule has 8 nitrogen and oxygen atoms in total. The number of halogens is 1. The highest BCUT2D eigenvalue weighted by atomic mass is 32.2. The number of hydrogen-bond acceptors (Lipinski definition) is 6. The van der Waals surface area contributed by atoms with Crippen LogP contribution in [-0.4, -0.2) is 34.1 Å². The number of anilines is 2. The van der Waals surface area contributed by atoms with Crippen molar-refractivity contribution in [3.8, 4) is 17.2 Å². The SMILES string of the molecule is O=C(COc1cccc(F)c1)Nc1ccc(NS(=O)(=O)c2ccc3c(c2)OCCO3)cc1. The van der Waals surface area contributed by atoms with E-state index in [1.165, 1.54) is 42.5 Å². The molecule has 10 heteroatoms. The van der Waals surface area contributed by atoms with Gasteiger partial charge in [0.1, 0.15) is 24.8 Å². The molecule has 1 heterocycles. The fourth-order valence-electron chi connectivity index (χ4n) is 2.93. The van der Waals surface area contributed by atoms with Crippen LogP contribution < -0.4 is 24.2 Å². The molecule has 0 bridgehead atoms. The maximum absolute atomic E-state index is 13.1. The first-order chi connectivity index (χ1) is 15.4. The van der Waals surface area contributed by atoms with Gasteiger partial charge < -0.3 is 19.5 Å². The summed E-state index contributed by atoms with van der Waals surface area (Å²) < 4.78 is 57.0. The Hall–Kier alpha value is -3.79. The van der Waals surface area contributed by atoms with Gasteiger partial charge in [-0.1, -0.05) is 6.07 Å². The summed E-state index contributed by atoms with van der Waals surface area (Å²) in [6, 6.07) is 16.0. The van der Waals surface area contributed by atoms with Gasteiger partial charge >= 0.3 is 0 Å². The van der Waals surface area contributed by atoms with E-state index in [1.807, 2.05) is 0 Å². The van der Waals surface area contributed by atoms with Gasteiger partial charge in [0.15, 0.2) is 18.1 Å². The zero-order chi connectivity index (χ0) is 22.6. The van der Waals surface area contributed by atoms with Gasteiger partial charge in [-0.2, -0.15) is 0 Å². The summed E-state index contributed by atoms with van der Waals surface area (Å²) >= 11 is 0. The van der Waals surface area contributed by atoms with Gasteiger partial charge in [0.05, 0.1) is 4.90 Å². The molecule has 0 atom stereocenters. The average Bonchev–Trinajstić information content (AvgIpc) is 2.78. The van der Waals surface area contributed by atoms with Crippen LogP contribution in [0.1, 0.15) is 0 Å². The van der Waals surface area contributed by atoms with E-state index >= 15 is 0 Å². The van der Waals surface area contributed by atoms with Crippen molar-refractivity contribution in [3.63, 3.8) is 0 Å². The van der Waals surface area contributed by atoms with Crippen molar-refractivity contribution < 1.29 is 31.8 Å². The number of ether oxygens (including phenoxy) is 3. The fourth-order valence-corrected chi connectivity index (χ4v) is 4.00. The van der Waals surface area contributed by atoms with E-state index in [9.17, 15) is 17.6 Å². The topological polar surface area (TPSA) is 103 Å². The number of sulfonamides is 1. The van der Waals surface area contributed by atoms with E-state index in [0.717, 1.165) is 0 Å². The highest BCUT2D eigenvalue weighted by Gasteiger charge is 2.19. The molecule has 0 radical (unpaired) electrons. The number of benzene rings is 3. The quantitative estimate of drug-likeness (QED) is 0.563. The Morgan fingerprint density at radius 3 is 2.41 bits per heavy atom. The number of fused-ring (bicyclic) bond motifs is 1. The monoisotopic (exact) mass is 458 g/mol. The minimum absolute atomic E-state index is 0.0358. The summed E-state index contributed by atoms with van der Waals surface area (Å²) in [6.07, 6.45) is 0. The highest BCUT2D eigenvalue weighted by Crippen LogP contribution is 2.32. The zero-order valence-corrected chi connectivity index (χ0v) is 17.5. The molecule has 2 N–H and O–H groups in total. The van der Waals surface area contributed by atoms with E-state index in [4.69, 9.17) is 14.2 Å². The number of amides is 1. The third kappa shape index (κ3) is 5.27. The van der Waals surface area contributed by atoms with Crippen molar-refractivity contribution in [2.24, 2.45) is 0 Å². The van der Waals surface area contributed by atoms with E-state index in [2.05, 4.69) is 10.0 Å². The third-order valence-corrected chi connectivity index (χ3v) is 5.79. The first-order valence-corrected chi connectivity index (χ1v) is 11.1. The van der Waals surface area contributed by atoms with Gasteiger partial charge in [-0.25, -0.2) is 12.8 Å². The molecule has 0 saturated heterocycles. The van der Waals surface area contributed by atoms with Crippen LogP contribution in [0.25, 0.3) is 0 Å². The molecule has 1 aliphatic heterocycles. The van der Waals surface area contributed by atoms with Crippen LogP contribution in [0.3, 0.4) is 0 Å². The molecule has 166 valence electrons. The van der Waals surface area contributed by atoms with E-state index in [1.54, 1.807) is 24.3 Å². The van der Waals surface area contributed by atoms with Gasteiger partial charge in [-0.05, 0) is 48.5 Å². The second kappa shape index (κ2) is 9.15. The summed E-state index contributed by atoms with van der Waals surface area (Å²) in [4.78, 5) is 12.1. The molecule has 0 spiro atoms. The van der Waals surface area contributed by atoms with Crippen LogP contribution in [0, 0.1) is 5.82 Å². The third-order valence-electron chi connectivity index (χ3n) is 4.41. The smallest absolute Gasteiger partial charge is 0.262 e. The highest BCUT2D eigenvalue weighted by molar-refractivity contribution is 7.92. The van der Waals surface area contributed by atoms with Crippen LogP contribution in [0.4, 0.5) is 15.8 Å². The van der Waals surface area contributed by atoms with Crippen LogP contribution in [0.2, 0.25) is 0 Å². The standard InChI is InChI=1S/C22H19FN2O6S/c23-15-2-1-3-18(12-15)31-14-22(26)24-16-4-6-17(7-5-16)25-32(27,28)19-8-9-20-21(13-19)30-11-10-29-20/h1-9,12-13,25H,10-11,14H2,(H,24,26). The summed E-state index contributed by atoms with van der Waals surface area (Å²) in [6.45, 7) is 0.462. The fraction of sp³-hybridized carbons (Fsp3) is 0.136. The number of nitrogens with one attached hydrogen (secondary N) is 2. The Kier molecular flexibility index (Phi) is 6.13. The molecule has 1 amide bonds. The van der Waals surface area contributed by atoms with Gasteiger partial charge in [0.25, 0.3) is 15.9 Å². The molecule has 0 saturated carbocycles. The van der Waals surface area contributed by atoms with E-state index < -0.39 is 21.7 Å².